The van der Waals surface area contributed by atoms with Gasteiger partial charge in [-0.2, -0.15) is 4.39 Å². The summed E-state index contributed by atoms with van der Waals surface area (Å²) in [5.74, 6) is -4.40. The first-order chi connectivity index (χ1) is 17.3. The van der Waals surface area contributed by atoms with E-state index in [4.69, 9.17) is 0 Å². The van der Waals surface area contributed by atoms with Gasteiger partial charge < -0.3 is 10.2 Å². The predicted molar refractivity (Wildman–Crippen MR) is 133 cm³/mol. The van der Waals surface area contributed by atoms with Crippen molar-refractivity contribution in [2.45, 2.75) is 70.3 Å². The third-order valence-corrected chi connectivity index (χ3v) is 7.53. The maximum Gasteiger partial charge on any atom is 0.200 e. The van der Waals surface area contributed by atoms with E-state index in [2.05, 4.69) is 0 Å². The van der Waals surface area contributed by atoms with E-state index < -0.39 is 35.1 Å². The topological polar surface area (TPSA) is 40.5 Å². The number of aryl methyl sites for hydroxylation is 1. The molecule has 1 aliphatic carbocycles. The highest BCUT2D eigenvalue weighted by molar-refractivity contribution is 5.65. The fraction of sp³-hybridized carbons (Fsp3) is 0.400. The van der Waals surface area contributed by atoms with Gasteiger partial charge >= 0.3 is 0 Å². The number of rotatable bonds is 8. The van der Waals surface area contributed by atoms with Gasteiger partial charge in [0.05, 0.1) is 6.10 Å². The molecule has 0 radical (unpaired) electrons. The molecule has 0 bridgehead atoms. The summed E-state index contributed by atoms with van der Waals surface area (Å²) in [4.78, 5) is 0. The van der Waals surface area contributed by atoms with Crippen molar-refractivity contribution < 1.29 is 27.8 Å². The Morgan fingerprint density at radius 3 is 2.17 bits per heavy atom. The van der Waals surface area contributed by atoms with Gasteiger partial charge in [-0.05, 0) is 85.1 Å². The lowest BCUT2D eigenvalue weighted by molar-refractivity contribution is 0.166. The largest absolute Gasteiger partial charge is 0.505 e. The summed E-state index contributed by atoms with van der Waals surface area (Å²) >= 11 is 0. The van der Waals surface area contributed by atoms with Crippen molar-refractivity contribution >= 4 is 0 Å². The third-order valence-electron chi connectivity index (χ3n) is 7.53. The summed E-state index contributed by atoms with van der Waals surface area (Å²) in [7, 11) is 0. The molecule has 1 fully saturated rings. The Hall–Kier alpha value is -2.86. The molecule has 2 N–H and O–H groups in total. The number of phenolic OH excluding ortho intramolecular Hbond substituents is 1. The van der Waals surface area contributed by atoms with Crippen LogP contribution < -0.4 is 0 Å². The molecule has 1 saturated carbocycles. The number of hydrogen-bond donors (Lipinski definition) is 2. The molecule has 1 atom stereocenters. The Labute approximate surface area is 209 Å². The maximum atomic E-state index is 14.9. The molecule has 1 aliphatic rings. The first-order valence-corrected chi connectivity index (χ1v) is 12.7. The molecular weight excluding hydrogens is 468 g/mol. The second-order valence-electron chi connectivity index (χ2n) is 9.88. The SMILES string of the molecule is CCCC(O)c1ccc(-c2ccc(CCC3CCC(c4ccc(O)c(F)c4F)CC3)c(F)c2F)cc1. The first kappa shape index (κ1) is 26.2. The van der Waals surface area contributed by atoms with Crippen LogP contribution >= 0.6 is 0 Å². The summed E-state index contributed by atoms with van der Waals surface area (Å²) < 4.78 is 57.7. The molecule has 1 unspecified atom stereocenters. The summed E-state index contributed by atoms with van der Waals surface area (Å²) in [5, 5.41) is 19.4. The van der Waals surface area contributed by atoms with E-state index in [1.807, 2.05) is 6.92 Å². The average Bonchev–Trinajstić information content (AvgIpc) is 2.89. The molecule has 0 amide bonds. The van der Waals surface area contributed by atoms with Crippen molar-refractivity contribution in [2.24, 2.45) is 5.92 Å². The molecule has 36 heavy (non-hydrogen) atoms. The summed E-state index contributed by atoms with van der Waals surface area (Å²) in [6.45, 7) is 1.99. The Balaban J connectivity index is 1.36. The molecule has 0 spiro atoms. The van der Waals surface area contributed by atoms with Crippen molar-refractivity contribution in [2.75, 3.05) is 0 Å². The Bertz CT molecular complexity index is 1180. The Morgan fingerprint density at radius 2 is 1.50 bits per heavy atom. The van der Waals surface area contributed by atoms with Crippen LogP contribution in [0.1, 0.15) is 80.6 Å². The highest BCUT2D eigenvalue weighted by Crippen LogP contribution is 2.40. The predicted octanol–water partition coefficient (Wildman–Crippen LogP) is 8.36. The number of halogens is 4. The zero-order chi connectivity index (χ0) is 25.8. The van der Waals surface area contributed by atoms with Crippen LogP contribution in [0.3, 0.4) is 0 Å². The molecular formula is C30H32F4O2. The van der Waals surface area contributed by atoms with Gasteiger partial charge in [0.2, 0.25) is 5.82 Å². The monoisotopic (exact) mass is 500 g/mol. The summed E-state index contributed by atoms with van der Waals surface area (Å²) in [6, 6.07) is 12.8. The molecule has 192 valence electrons. The molecule has 0 heterocycles. The number of aliphatic hydroxyl groups excluding tert-OH is 1. The zero-order valence-electron chi connectivity index (χ0n) is 20.4. The van der Waals surface area contributed by atoms with Crippen LogP contribution in [0, 0.1) is 29.2 Å². The molecule has 4 rings (SSSR count). The van der Waals surface area contributed by atoms with Crippen LogP contribution in [-0.2, 0) is 6.42 Å². The lowest BCUT2D eigenvalue weighted by atomic mass is 9.76. The van der Waals surface area contributed by atoms with Crippen molar-refractivity contribution in [1.29, 1.82) is 0 Å². The lowest BCUT2D eigenvalue weighted by Crippen LogP contribution is -2.15. The fourth-order valence-electron chi connectivity index (χ4n) is 5.32. The number of aromatic hydroxyl groups is 1. The van der Waals surface area contributed by atoms with Gasteiger partial charge in [0.15, 0.2) is 23.2 Å². The van der Waals surface area contributed by atoms with Crippen molar-refractivity contribution in [1.82, 2.24) is 0 Å². The molecule has 0 saturated heterocycles. The van der Waals surface area contributed by atoms with Crippen LogP contribution in [0.5, 0.6) is 5.75 Å². The number of phenols is 1. The van der Waals surface area contributed by atoms with Gasteiger partial charge in [-0.3, -0.25) is 0 Å². The number of hydrogen-bond acceptors (Lipinski definition) is 2. The minimum atomic E-state index is -1.21. The fourth-order valence-corrected chi connectivity index (χ4v) is 5.32. The molecule has 6 heteroatoms. The number of benzene rings is 3. The Kier molecular flexibility index (Phi) is 8.35. The summed E-state index contributed by atoms with van der Waals surface area (Å²) in [5.41, 5.74) is 2.13. The van der Waals surface area contributed by atoms with Crippen LogP contribution in [0.15, 0.2) is 48.5 Å². The molecule has 3 aromatic rings. The van der Waals surface area contributed by atoms with E-state index in [1.165, 1.54) is 12.1 Å². The van der Waals surface area contributed by atoms with E-state index in [9.17, 15) is 27.8 Å². The Morgan fingerprint density at radius 1 is 0.806 bits per heavy atom. The van der Waals surface area contributed by atoms with E-state index in [0.29, 0.717) is 54.7 Å². The molecule has 2 nitrogen and oxygen atoms in total. The smallest absolute Gasteiger partial charge is 0.200 e. The molecule has 3 aromatic carbocycles. The standard InChI is InChI=1S/C30H32F4O2/c1-2-3-25(35)21-12-10-20(11-13-21)23-15-14-22(27(31)28(23)32)9-6-18-4-7-19(8-5-18)24-16-17-26(36)30(34)29(24)33/h10-19,25,35-36H,2-9H2,1H3. The van der Waals surface area contributed by atoms with Gasteiger partial charge in [0.25, 0.3) is 0 Å². The van der Waals surface area contributed by atoms with Gasteiger partial charge in [-0.15, -0.1) is 0 Å². The zero-order valence-corrected chi connectivity index (χ0v) is 20.4. The van der Waals surface area contributed by atoms with Crippen LogP contribution in [0.4, 0.5) is 17.6 Å². The van der Waals surface area contributed by atoms with Crippen LogP contribution in [-0.4, -0.2) is 10.2 Å². The van der Waals surface area contributed by atoms with E-state index >= 15 is 0 Å². The van der Waals surface area contributed by atoms with E-state index in [0.717, 1.165) is 24.8 Å². The normalized spacial score (nSPS) is 18.8. The second-order valence-corrected chi connectivity index (χ2v) is 9.88. The van der Waals surface area contributed by atoms with Crippen LogP contribution in [0.2, 0.25) is 0 Å². The minimum absolute atomic E-state index is 0.112. The lowest BCUT2D eigenvalue weighted by Gasteiger charge is -2.29. The highest BCUT2D eigenvalue weighted by atomic mass is 19.2. The number of aliphatic hydroxyl groups is 1. The molecule has 0 aromatic heterocycles. The average molecular weight is 501 g/mol. The van der Waals surface area contributed by atoms with Gasteiger partial charge in [-0.25, -0.2) is 13.2 Å². The minimum Gasteiger partial charge on any atom is -0.505 e. The van der Waals surface area contributed by atoms with Gasteiger partial charge in [-0.1, -0.05) is 55.8 Å². The first-order valence-electron chi connectivity index (χ1n) is 12.7. The van der Waals surface area contributed by atoms with E-state index in [-0.39, 0.29) is 11.5 Å². The van der Waals surface area contributed by atoms with Crippen molar-refractivity contribution in [3.05, 3.63) is 88.5 Å². The highest BCUT2D eigenvalue weighted by Gasteiger charge is 2.27. The second kappa shape index (κ2) is 11.5. The third kappa shape index (κ3) is 5.59. The summed E-state index contributed by atoms with van der Waals surface area (Å²) in [6.07, 6.45) is 4.99. The van der Waals surface area contributed by atoms with E-state index in [1.54, 1.807) is 36.4 Å². The van der Waals surface area contributed by atoms with Crippen LogP contribution in [0.25, 0.3) is 11.1 Å². The van der Waals surface area contributed by atoms with Gasteiger partial charge in [0, 0.05) is 5.56 Å². The van der Waals surface area contributed by atoms with Gasteiger partial charge in [0.1, 0.15) is 0 Å². The molecule has 0 aliphatic heterocycles. The van der Waals surface area contributed by atoms with Crippen molar-refractivity contribution in [3.8, 4) is 16.9 Å². The maximum absolute atomic E-state index is 14.9. The van der Waals surface area contributed by atoms with Crippen molar-refractivity contribution in [3.63, 3.8) is 0 Å². The quantitative estimate of drug-likeness (QED) is 0.305.